The molecule has 1 saturated carbocycles. The molecule has 1 heterocycles. The molecule has 172 valence electrons. The van der Waals surface area contributed by atoms with Crippen molar-refractivity contribution in [3.63, 3.8) is 0 Å². The minimum Gasteiger partial charge on any atom is -0.370 e. The Morgan fingerprint density at radius 2 is 1.52 bits per heavy atom. The zero-order valence-electron chi connectivity index (χ0n) is 20.2. The van der Waals surface area contributed by atoms with Crippen LogP contribution in [0.3, 0.4) is 0 Å². The first kappa shape index (κ1) is 25.1. The van der Waals surface area contributed by atoms with Gasteiger partial charge in [-0.1, -0.05) is 66.2 Å². The minimum atomic E-state index is -0.434. The van der Waals surface area contributed by atoms with Gasteiger partial charge in [0, 0.05) is 19.1 Å². The lowest BCUT2D eigenvalue weighted by molar-refractivity contribution is -0.260. The van der Waals surface area contributed by atoms with Crippen LogP contribution in [0.15, 0.2) is 0 Å². The lowest BCUT2D eigenvalue weighted by Gasteiger charge is -2.40. The molecule has 29 heavy (non-hydrogen) atoms. The SMILES string of the molecule is CCCCCCCCC(CC(C)C1CCC2OC2C1)C(C)(OCCC)OCCC. The highest BCUT2D eigenvalue weighted by molar-refractivity contribution is 4.93. The molecule has 2 fully saturated rings. The van der Waals surface area contributed by atoms with Crippen molar-refractivity contribution in [3.05, 3.63) is 0 Å². The Bertz CT molecular complexity index is 416. The molecule has 2 aliphatic rings. The maximum atomic E-state index is 6.41. The topological polar surface area (TPSA) is 31.0 Å². The molecule has 2 rings (SSSR count). The highest BCUT2D eigenvalue weighted by atomic mass is 16.7. The molecule has 0 amide bonds. The summed E-state index contributed by atoms with van der Waals surface area (Å²) in [6.45, 7) is 13.0. The Morgan fingerprint density at radius 3 is 2.14 bits per heavy atom. The van der Waals surface area contributed by atoms with Gasteiger partial charge in [-0.2, -0.15) is 0 Å². The van der Waals surface area contributed by atoms with E-state index in [-0.39, 0.29) is 0 Å². The number of rotatable bonds is 17. The van der Waals surface area contributed by atoms with Gasteiger partial charge in [0.05, 0.1) is 12.2 Å². The highest BCUT2D eigenvalue weighted by Gasteiger charge is 2.46. The maximum absolute atomic E-state index is 6.41. The van der Waals surface area contributed by atoms with Crippen molar-refractivity contribution in [2.75, 3.05) is 13.2 Å². The first-order valence-corrected chi connectivity index (χ1v) is 13.0. The van der Waals surface area contributed by atoms with E-state index in [4.69, 9.17) is 14.2 Å². The molecule has 5 unspecified atom stereocenters. The van der Waals surface area contributed by atoms with Gasteiger partial charge in [0.25, 0.3) is 0 Å². The number of ether oxygens (including phenoxy) is 3. The van der Waals surface area contributed by atoms with Crippen molar-refractivity contribution < 1.29 is 14.2 Å². The van der Waals surface area contributed by atoms with Crippen LogP contribution < -0.4 is 0 Å². The van der Waals surface area contributed by atoms with Crippen LogP contribution in [-0.2, 0) is 14.2 Å². The van der Waals surface area contributed by atoms with Crippen LogP contribution in [0, 0.1) is 17.8 Å². The maximum Gasteiger partial charge on any atom is 0.168 e. The molecule has 3 heteroatoms. The number of fused-ring (bicyclic) bond motifs is 1. The summed E-state index contributed by atoms with van der Waals surface area (Å²) in [5.41, 5.74) is 0. The van der Waals surface area contributed by atoms with Crippen LogP contribution in [0.2, 0.25) is 0 Å². The Hall–Kier alpha value is -0.120. The summed E-state index contributed by atoms with van der Waals surface area (Å²) >= 11 is 0. The summed E-state index contributed by atoms with van der Waals surface area (Å²) in [7, 11) is 0. The molecule has 0 radical (unpaired) electrons. The van der Waals surface area contributed by atoms with E-state index in [9.17, 15) is 0 Å². The van der Waals surface area contributed by atoms with E-state index < -0.39 is 5.79 Å². The summed E-state index contributed by atoms with van der Waals surface area (Å²) in [5.74, 6) is 1.59. The van der Waals surface area contributed by atoms with Crippen LogP contribution in [0.5, 0.6) is 0 Å². The van der Waals surface area contributed by atoms with Crippen molar-refractivity contribution in [1.82, 2.24) is 0 Å². The van der Waals surface area contributed by atoms with E-state index in [1.807, 2.05) is 0 Å². The summed E-state index contributed by atoms with van der Waals surface area (Å²) in [5, 5.41) is 0. The highest BCUT2D eigenvalue weighted by Crippen LogP contribution is 2.45. The van der Waals surface area contributed by atoms with E-state index >= 15 is 0 Å². The third kappa shape index (κ3) is 8.50. The van der Waals surface area contributed by atoms with Crippen molar-refractivity contribution >= 4 is 0 Å². The van der Waals surface area contributed by atoms with Crippen molar-refractivity contribution in [3.8, 4) is 0 Å². The molecule has 0 aromatic rings. The van der Waals surface area contributed by atoms with Crippen molar-refractivity contribution in [1.29, 1.82) is 0 Å². The Labute approximate surface area is 181 Å². The summed E-state index contributed by atoms with van der Waals surface area (Å²) < 4.78 is 18.6. The standard InChI is InChI=1S/C26H50O3/c1-6-9-10-11-12-13-14-23(26(5,27-17-7-2)28-18-8-3)19-21(4)22-15-16-24-25(20-22)29-24/h21-25H,6-20H2,1-5H3. The van der Waals surface area contributed by atoms with Crippen LogP contribution in [0.1, 0.15) is 118 Å². The van der Waals surface area contributed by atoms with Gasteiger partial charge in [0.2, 0.25) is 0 Å². The van der Waals surface area contributed by atoms with Gasteiger partial charge in [0.1, 0.15) is 0 Å². The van der Waals surface area contributed by atoms with Gasteiger partial charge >= 0.3 is 0 Å². The quantitative estimate of drug-likeness (QED) is 0.141. The van der Waals surface area contributed by atoms with Crippen molar-refractivity contribution in [2.24, 2.45) is 17.8 Å². The molecule has 3 nitrogen and oxygen atoms in total. The molecular weight excluding hydrogens is 360 g/mol. The van der Waals surface area contributed by atoms with Crippen LogP contribution in [0.25, 0.3) is 0 Å². The van der Waals surface area contributed by atoms with Gasteiger partial charge < -0.3 is 14.2 Å². The van der Waals surface area contributed by atoms with Gasteiger partial charge in [-0.3, -0.25) is 0 Å². The summed E-state index contributed by atoms with van der Waals surface area (Å²) in [6, 6.07) is 0. The second-order valence-corrected chi connectivity index (χ2v) is 9.97. The second kappa shape index (κ2) is 13.3. The zero-order chi connectivity index (χ0) is 21.1. The van der Waals surface area contributed by atoms with Gasteiger partial charge in [-0.05, 0) is 63.7 Å². The monoisotopic (exact) mass is 410 g/mol. The Kier molecular flexibility index (Phi) is 11.6. The van der Waals surface area contributed by atoms with Crippen LogP contribution >= 0.6 is 0 Å². The molecule has 0 aromatic heterocycles. The molecule has 1 aliphatic carbocycles. The normalized spacial score (nSPS) is 26.2. The fraction of sp³-hybridized carbons (Fsp3) is 1.00. The average Bonchev–Trinajstić information content (AvgIpc) is 3.51. The molecule has 1 aliphatic heterocycles. The average molecular weight is 411 g/mol. The smallest absolute Gasteiger partial charge is 0.168 e. The number of epoxide rings is 1. The Balaban J connectivity index is 1.94. The van der Waals surface area contributed by atoms with Gasteiger partial charge in [0.15, 0.2) is 5.79 Å². The molecule has 0 aromatic carbocycles. The second-order valence-electron chi connectivity index (χ2n) is 9.97. The van der Waals surface area contributed by atoms with E-state index in [0.29, 0.717) is 18.1 Å². The third-order valence-corrected chi connectivity index (χ3v) is 7.34. The summed E-state index contributed by atoms with van der Waals surface area (Å²) in [4.78, 5) is 0. The van der Waals surface area contributed by atoms with Crippen LogP contribution in [0.4, 0.5) is 0 Å². The molecule has 0 spiro atoms. The molecule has 0 bridgehead atoms. The fourth-order valence-electron chi connectivity index (χ4n) is 5.25. The first-order chi connectivity index (χ1) is 14.0. The lowest BCUT2D eigenvalue weighted by Crippen LogP contribution is -2.43. The number of unbranched alkanes of at least 4 members (excludes halogenated alkanes) is 5. The predicted molar refractivity (Wildman–Crippen MR) is 122 cm³/mol. The first-order valence-electron chi connectivity index (χ1n) is 13.0. The largest absolute Gasteiger partial charge is 0.370 e. The fourth-order valence-corrected chi connectivity index (χ4v) is 5.25. The molecular formula is C26H50O3. The molecule has 1 saturated heterocycles. The predicted octanol–water partition coefficient (Wildman–Crippen LogP) is 7.52. The molecule has 5 atom stereocenters. The lowest BCUT2D eigenvalue weighted by atomic mass is 9.75. The Morgan fingerprint density at radius 1 is 0.862 bits per heavy atom. The summed E-state index contributed by atoms with van der Waals surface area (Å²) in [6.07, 6.45) is 17.7. The molecule has 0 N–H and O–H groups in total. The minimum absolute atomic E-state index is 0.434. The van der Waals surface area contributed by atoms with Gasteiger partial charge in [-0.25, -0.2) is 0 Å². The van der Waals surface area contributed by atoms with Crippen molar-refractivity contribution in [2.45, 2.75) is 136 Å². The van der Waals surface area contributed by atoms with E-state index in [1.54, 1.807) is 0 Å². The van der Waals surface area contributed by atoms with Crippen LogP contribution in [-0.4, -0.2) is 31.2 Å². The van der Waals surface area contributed by atoms with E-state index in [1.165, 1.54) is 70.6 Å². The zero-order valence-corrected chi connectivity index (χ0v) is 20.2. The van der Waals surface area contributed by atoms with Gasteiger partial charge in [-0.15, -0.1) is 0 Å². The van der Waals surface area contributed by atoms with E-state index in [2.05, 4.69) is 34.6 Å². The third-order valence-electron chi connectivity index (χ3n) is 7.34. The number of hydrogen-bond acceptors (Lipinski definition) is 3. The van der Waals surface area contributed by atoms with E-state index in [0.717, 1.165) is 37.9 Å². The number of hydrogen-bond donors (Lipinski definition) is 0.